The molecule has 5 nitrogen and oxygen atoms in total. The highest BCUT2D eigenvalue weighted by Gasteiger charge is 2.21. The van der Waals surface area contributed by atoms with Gasteiger partial charge in [-0.25, -0.2) is 8.78 Å². The maximum Gasteiger partial charge on any atom is 0.254 e. The summed E-state index contributed by atoms with van der Waals surface area (Å²) in [7, 11) is 0. The van der Waals surface area contributed by atoms with Gasteiger partial charge in [0, 0.05) is 12.5 Å². The van der Waals surface area contributed by atoms with Gasteiger partial charge in [-0.1, -0.05) is 0 Å². The predicted molar refractivity (Wildman–Crippen MR) is 66.7 cm³/mol. The van der Waals surface area contributed by atoms with Gasteiger partial charge >= 0.3 is 0 Å². The third-order valence-electron chi connectivity index (χ3n) is 2.61. The minimum Gasteiger partial charge on any atom is -0.368 e. The van der Waals surface area contributed by atoms with Crippen LogP contribution in [0.5, 0.6) is 0 Å². The second-order valence-corrected chi connectivity index (χ2v) is 4.29. The quantitative estimate of drug-likeness (QED) is 0.814. The Bertz CT molecular complexity index is 546. The maximum atomic E-state index is 13.4. The third kappa shape index (κ3) is 4.42. The molecule has 1 atom stereocenters. The number of primary amides is 1. The van der Waals surface area contributed by atoms with E-state index in [-0.39, 0.29) is 18.6 Å². The summed E-state index contributed by atoms with van der Waals surface area (Å²) in [5, 5.41) is 2.22. The third-order valence-corrected chi connectivity index (χ3v) is 2.61. The van der Waals surface area contributed by atoms with Crippen LogP contribution < -0.4 is 11.1 Å². The standard InChI is InChI=1S/C13H14F2N2O3/c1-7(18)2-5-11(12(16)19)17-13(20)9-4-3-8(14)6-10(9)15/h3-4,6,11H,2,5H2,1H3,(H2,16,19)(H,17,20)/t11-/m0/s1. The van der Waals surface area contributed by atoms with Gasteiger partial charge < -0.3 is 15.8 Å². The fourth-order valence-corrected chi connectivity index (χ4v) is 1.54. The topological polar surface area (TPSA) is 89.3 Å². The molecular formula is C13H14F2N2O3. The zero-order valence-electron chi connectivity index (χ0n) is 10.8. The molecule has 0 heterocycles. The number of hydrogen-bond acceptors (Lipinski definition) is 3. The van der Waals surface area contributed by atoms with Crippen LogP contribution >= 0.6 is 0 Å². The number of hydrogen-bond donors (Lipinski definition) is 2. The molecular weight excluding hydrogens is 270 g/mol. The van der Waals surface area contributed by atoms with Crippen molar-refractivity contribution in [2.24, 2.45) is 5.73 Å². The Morgan fingerprint density at radius 1 is 1.30 bits per heavy atom. The van der Waals surface area contributed by atoms with E-state index < -0.39 is 35.1 Å². The van der Waals surface area contributed by atoms with Crippen molar-refractivity contribution >= 4 is 17.6 Å². The monoisotopic (exact) mass is 284 g/mol. The minimum absolute atomic E-state index is 0.0270. The Morgan fingerprint density at radius 3 is 2.45 bits per heavy atom. The number of amides is 2. The van der Waals surface area contributed by atoms with E-state index in [1.807, 2.05) is 0 Å². The summed E-state index contributed by atoms with van der Waals surface area (Å²) in [4.78, 5) is 33.8. The molecule has 0 fully saturated rings. The second kappa shape index (κ2) is 6.74. The number of Topliss-reactive ketones (excluding diaryl/α,β-unsaturated/α-hetero) is 1. The molecule has 108 valence electrons. The van der Waals surface area contributed by atoms with E-state index in [1.165, 1.54) is 6.92 Å². The molecule has 1 rings (SSSR count). The molecule has 20 heavy (non-hydrogen) atoms. The molecule has 2 amide bonds. The van der Waals surface area contributed by atoms with Crippen molar-refractivity contribution < 1.29 is 23.2 Å². The number of carbonyl (C=O) groups excluding carboxylic acids is 3. The fraction of sp³-hybridized carbons (Fsp3) is 0.308. The number of nitrogens with two attached hydrogens (primary N) is 1. The summed E-state index contributed by atoms with van der Waals surface area (Å²) in [5.74, 6) is -3.75. The number of benzene rings is 1. The lowest BCUT2D eigenvalue weighted by Gasteiger charge is -2.15. The van der Waals surface area contributed by atoms with Crippen molar-refractivity contribution in [1.82, 2.24) is 5.32 Å². The largest absolute Gasteiger partial charge is 0.368 e. The van der Waals surface area contributed by atoms with Gasteiger partial charge in [0.25, 0.3) is 5.91 Å². The number of nitrogens with one attached hydrogen (secondary N) is 1. The Kier molecular flexibility index (Phi) is 5.31. The van der Waals surface area contributed by atoms with Gasteiger partial charge in [0.2, 0.25) is 5.91 Å². The lowest BCUT2D eigenvalue weighted by Crippen LogP contribution is -2.44. The molecule has 0 radical (unpaired) electrons. The molecule has 0 spiro atoms. The SMILES string of the molecule is CC(=O)CC[C@H](NC(=O)c1ccc(F)cc1F)C(N)=O. The summed E-state index contributed by atoms with van der Waals surface area (Å²) in [6.45, 7) is 1.33. The molecule has 0 saturated carbocycles. The molecule has 7 heteroatoms. The van der Waals surface area contributed by atoms with Crippen LogP contribution in [0.1, 0.15) is 30.1 Å². The minimum atomic E-state index is -1.09. The van der Waals surface area contributed by atoms with Gasteiger partial charge in [0.15, 0.2) is 0 Å². The number of rotatable bonds is 6. The lowest BCUT2D eigenvalue weighted by molar-refractivity contribution is -0.120. The number of carbonyl (C=O) groups is 3. The van der Waals surface area contributed by atoms with Crippen LogP contribution in [0.2, 0.25) is 0 Å². The van der Waals surface area contributed by atoms with Gasteiger partial charge in [-0.3, -0.25) is 9.59 Å². The first kappa shape index (κ1) is 15.7. The van der Waals surface area contributed by atoms with Crippen LogP contribution in [0.25, 0.3) is 0 Å². The first-order valence-electron chi connectivity index (χ1n) is 5.86. The Balaban J connectivity index is 2.80. The Hall–Kier alpha value is -2.31. The van der Waals surface area contributed by atoms with Crippen molar-refractivity contribution in [1.29, 1.82) is 0 Å². The van der Waals surface area contributed by atoms with Crippen molar-refractivity contribution in [3.05, 3.63) is 35.4 Å². The molecule has 3 N–H and O–H groups in total. The van der Waals surface area contributed by atoms with Crippen molar-refractivity contribution in [3.8, 4) is 0 Å². The molecule has 0 aliphatic heterocycles. The predicted octanol–water partition coefficient (Wildman–Crippen LogP) is 0.918. The Morgan fingerprint density at radius 2 is 1.95 bits per heavy atom. The number of halogens is 2. The van der Waals surface area contributed by atoms with Gasteiger partial charge in [-0.05, 0) is 25.5 Å². The van der Waals surface area contributed by atoms with E-state index in [0.717, 1.165) is 12.1 Å². The highest BCUT2D eigenvalue weighted by molar-refractivity contribution is 5.97. The summed E-state index contributed by atoms with van der Waals surface area (Å²) in [5.41, 5.74) is 4.69. The molecule has 0 aliphatic carbocycles. The lowest BCUT2D eigenvalue weighted by atomic mass is 10.1. The van der Waals surface area contributed by atoms with Crippen LogP contribution in [0.3, 0.4) is 0 Å². The fourth-order valence-electron chi connectivity index (χ4n) is 1.54. The van der Waals surface area contributed by atoms with Gasteiger partial charge in [0.1, 0.15) is 23.5 Å². The molecule has 1 aromatic rings. The molecule has 0 bridgehead atoms. The first-order chi connectivity index (χ1) is 9.31. The second-order valence-electron chi connectivity index (χ2n) is 4.29. The van der Waals surface area contributed by atoms with E-state index in [1.54, 1.807) is 0 Å². The van der Waals surface area contributed by atoms with E-state index in [9.17, 15) is 23.2 Å². The molecule has 0 aromatic heterocycles. The molecule has 0 aliphatic rings. The zero-order valence-corrected chi connectivity index (χ0v) is 10.8. The summed E-state index contributed by atoms with van der Waals surface area (Å²) >= 11 is 0. The average Bonchev–Trinajstić information content (AvgIpc) is 2.33. The van der Waals surface area contributed by atoms with Crippen molar-refractivity contribution in [2.45, 2.75) is 25.8 Å². The highest BCUT2D eigenvalue weighted by atomic mass is 19.1. The van der Waals surface area contributed by atoms with E-state index >= 15 is 0 Å². The van der Waals surface area contributed by atoms with E-state index in [2.05, 4.69) is 5.32 Å². The Labute approximate surface area is 114 Å². The van der Waals surface area contributed by atoms with E-state index in [0.29, 0.717) is 6.07 Å². The van der Waals surface area contributed by atoms with Crippen molar-refractivity contribution in [3.63, 3.8) is 0 Å². The number of ketones is 1. The molecule has 0 saturated heterocycles. The maximum absolute atomic E-state index is 13.4. The highest BCUT2D eigenvalue weighted by Crippen LogP contribution is 2.10. The van der Waals surface area contributed by atoms with Crippen LogP contribution in [-0.2, 0) is 9.59 Å². The van der Waals surface area contributed by atoms with Crippen LogP contribution in [0, 0.1) is 11.6 Å². The van der Waals surface area contributed by atoms with Crippen LogP contribution in [0.4, 0.5) is 8.78 Å². The summed E-state index contributed by atoms with van der Waals surface area (Å²) in [6, 6.07) is 1.36. The molecule has 1 aromatic carbocycles. The van der Waals surface area contributed by atoms with Gasteiger partial charge in [0.05, 0.1) is 5.56 Å². The average molecular weight is 284 g/mol. The summed E-state index contributed by atoms with van der Waals surface area (Å²) in [6.07, 6.45) is 0.0823. The first-order valence-corrected chi connectivity index (χ1v) is 5.86. The van der Waals surface area contributed by atoms with Crippen molar-refractivity contribution in [2.75, 3.05) is 0 Å². The van der Waals surface area contributed by atoms with Gasteiger partial charge in [-0.15, -0.1) is 0 Å². The summed E-state index contributed by atoms with van der Waals surface area (Å²) < 4.78 is 26.1. The van der Waals surface area contributed by atoms with Gasteiger partial charge in [-0.2, -0.15) is 0 Å². The molecule has 0 unspecified atom stereocenters. The zero-order chi connectivity index (χ0) is 15.3. The van der Waals surface area contributed by atoms with E-state index in [4.69, 9.17) is 5.73 Å². The van der Waals surface area contributed by atoms with Crippen LogP contribution in [0.15, 0.2) is 18.2 Å². The smallest absolute Gasteiger partial charge is 0.254 e. The van der Waals surface area contributed by atoms with Crippen LogP contribution in [-0.4, -0.2) is 23.6 Å². The normalized spacial score (nSPS) is 11.8.